The van der Waals surface area contributed by atoms with E-state index in [1.54, 1.807) is 42.5 Å². The number of carbonyl (C=O) groups is 6. The summed E-state index contributed by atoms with van der Waals surface area (Å²) in [6.07, 6.45) is 2.65. The number of piperidine rings is 3. The smallest absolute Gasteiger partial charge is 0.262 e. The molecule has 6 heterocycles. The number of nitrogens with two attached hydrogens (primary N) is 1. The summed E-state index contributed by atoms with van der Waals surface area (Å²) < 4.78 is 0. The van der Waals surface area contributed by atoms with E-state index in [0.717, 1.165) is 16.3 Å². The monoisotopic (exact) mass is 840 g/mol. The molecule has 17 heteroatoms. The van der Waals surface area contributed by atoms with Crippen LogP contribution in [0, 0.1) is 5.92 Å². The Morgan fingerprint density at radius 2 is 1.45 bits per heavy atom. The SMILES string of the molecule is Nc1nnc(-c2ccccc2O)cc1N1CCN(c2ccccc2)C(C(=O)NC2CCN(C(=O)C3CCN(c4ccc5c(c4)C(=O)N(C4CCC(=O)NC4=O)C5=O)CC3)CC2)C1. The van der Waals surface area contributed by atoms with Crippen LogP contribution in [0.25, 0.3) is 11.3 Å². The van der Waals surface area contributed by atoms with Crippen molar-refractivity contribution in [2.24, 2.45) is 5.92 Å². The molecule has 6 amide bonds. The first-order valence-corrected chi connectivity index (χ1v) is 21.2. The number of phenols is 1. The summed E-state index contributed by atoms with van der Waals surface area (Å²) in [5.41, 5.74) is 10.2. The summed E-state index contributed by atoms with van der Waals surface area (Å²) in [7, 11) is 0. The third-order valence-corrected chi connectivity index (χ3v) is 12.9. The van der Waals surface area contributed by atoms with Gasteiger partial charge in [-0.3, -0.25) is 39.0 Å². The summed E-state index contributed by atoms with van der Waals surface area (Å²) in [6, 6.07) is 22.0. The molecule has 320 valence electrons. The lowest BCUT2D eigenvalue weighted by molar-refractivity contribution is -0.138. The van der Waals surface area contributed by atoms with E-state index < -0.39 is 35.7 Å². The van der Waals surface area contributed by atoms with Crippen LogP contribution < -0.4 is 31.1 Å². The second kappa shape index (κ2) is 16.8. The van der Waals surface area contributed by atoms with Crippen LogP contribution in [0.15, 0.2) is 78.9 Å². The zero-order chi connectivity index (χ0) is 43.1. The minimum absolute atomic E-state index is 0.0550. The van der Waals surface area contributed by atoms with Crippen LogP contribution in [-0.4, -0.2) is 124 Å². The van der Waals surface area contributed by atoms with E-state index in [1.807, 2.05) is 46.2 Å². The van der Waals surface area contributed by atoms with Crippen molar-refractivity contribution in [3.63, 3.8) is 0 Å². The molecule has 0 aliphatic carbocycles. The molecule has 1 aromatic heterocycles. The van der Waals surface area contributed by atoms with Crippen LogP contribution in [0.1, 0.15) is 59.2 Å². The van der Waals surface area contributed by atoms with Gasteiger partial charge in [-0.25, -0.2) is 0 Å². The number of nitrogen functional groups attached to an aromatic ring is 1. The predicted octanol–water partition coefficient (Wildman–Crippen LogP) is 2.55. The van der Waals surface area contributed by atoms with Gasteiger partial charge in [0.15, 0.2) is 5.82 Å². The number of likely N-dealkylation sites (tertiary alicyclic amines) is 1. The summed E-state index contributed by atoms with van der Waals surface area (Å²) in [5.74, 6) is -2.01. The van der Waals surface area contributed by atoms with Crippen LogP contribution in [0.5, 0.6) is 5.75 Å². The highest BCUT2D eigenvalue weighted by Gasteiger charge is 2.45. The molecule has 4 saturated heterocycles. The molecule has 9 rings (SSSR count). The molecule has 0 radical (unpaired) electrons. The number of hydrogen-bond acceptors (Lipinski definition) is 13. The number of para-hydroxylation sites is 2. The summed E-state index contributed by atoms with van der Waals surface area (Å²) >= 11 is 0. The fraction of sp³-hybridized carbons (Fsp3) is 0.378. The van der Waals surface area contributed by atoms with Crippen molar-refractivity contribution in [2.45, 2.75) is 56.7 Å². The second-order valence-corrected chi connectivity index (χ2v) is 16.6. The maximum absolute atomic E-state index is 14.2. The molecule has 3 aromatic carbocycles. The van der Waals surface area contributed by atoms with Crippen molar-refractivity contribution in [3.05, 3.63) is 90.0 Å². The number of aromatic hydroxyl groups is 1. The molecule has 5 N–H and O–H groups in total. The van der Waals surface area contributed by atoms with E-state index in [9.17, 15) is 33.9 Å². The van der Waals surface area contributed by atoms with Gasteiger partial charge >= 0.3 is 0 Å². The van der Waals surface area contributed by atoms with Crippen molar-refractivity contribution in [2.75, 3.05) is 66.2 Å². The highest BCUT2D eigenvalue weighted by Crippen LogP contribution is 2.35. The third-order valence-electron chi connectivity index (χ3n) is 12.9. The maximum Gasteiger partial charge on any atom is 0.262 e. The standard InChI is InChI=1S/C45H48N10O7/c46-40-36(25-34(49-50-40)32-8-4-5-9-38(32)56)53-22-23-54(29-6-2-1-3-7-29)37(26-53)42(59)47-28-16-20-52(21-17-28)43(60)27-14-18-51(19-15-27)30-10-11-31-33(24-30)45(62)55(44(31)61)35-12-13-39(57)48-41(35)58/h1-11,24-25,27-28,35,37,56H,12-23,26H2,(H2,46,50)(H,47,59)(H,48,57,58). The molecule has 5 aliphatic rings. The lowest BCUT2D eigenvalue weighted by atomic mass is 9.93. The topological polar surface area (TPSA) is 215 Å². The van der Waals surface area contributed by atoms with Gasteiger partial charge in [-0.05, 0) is 80.6 Å². The van der Waals surface area contributed by atoms with Crippen LogP contribution in [0.4, 0.5) is 22.9 Å². The Labute approximate surface area is 357 Å². The third kappa shape index (κ3) is 7.74. The molecular weight excluding hydrogens is 793 g/mol. The number of rotatable bonds is 8. The molecule has 2 unspecified atom stereocenters. The first-order chi connectivity index (χ1) is 30.0. The number of benzene rings is 3. The molecule has 4 fully saturated rings. The van der Waals surface area contributed by atoms with Gasteiger partial charge in [0.05, 0.1) is 22.5 Å². The Morgan fingerprint density at radius 3 is 2.19 bits per heavy atom. The molecular formula is C45H48N10O7. The molecule has 0 bridgehead atoms. The van der Waals surface area contributed by atoms with Gasteiger partial charge < -0.3 is 35.8 Å². The van der Waals surface area contributed by atoms with Gasteiger partial charge in [0, 0.05) is 81.1 Å². The van der Waals surface area contributed by atoms with Gasteiger partial charge in [-0.2, -0.15) is 0 Å². The van der Waals surface area contributed by atoms with Crippen molar-refractivity contribution in [1.82, 2.24) is 30.6 Å². The van der Waals surface area contributed by atoms with Crippen LogP contribution >= 0.6 is 0 Å². The van der Waals surface area contributed by atoms with Crippen LogP contribution in [0.2, 0.25) is 0 Å². The minimum Gasteiger partial charge on any atom is -0.507 e. The van der Waals surface area contributed by atoms with Crippen molar-refractivity contribution in [3.8, 4) is 17.0 Å². The normalized spacial score (nSPS) is 21.3. The van der Waals surface area contributed by atoms with Gasteiger partial charge in [-0.1, -0.05) is 30.3 Å². The molecule has 4 aromatic rings. The summed E-state index contributed by atoms with van der Waals surface area (Å²) in [6.45, 7) is 3.71. The van der Waals surface area contributed by atoms with E-state index >= 15 is 0 Å². The quantitative estimate of drug-likeness (QED) is 0.188. The number of fused-ring (bicyclic) bond motifs is 1. The number of piperazine rings is 1. The van der Waals surface area contributed by atoms with Crippen LogP contribution in [0.3, 0.4) is 0 Å². The lowest BCUT2D eigenvalue weighted by Crippen LogP contribution is -2.61. The molecule has 17 nitrogen and oxygen atoms in total. The number of phenolic OH excluding ortho intramolecular Hbond substituents is 1. The zero-order valence-corrected chi connectivity index (χ0v) is 34.1. The number of amides is 6. The van der Waals surface area contributed by atoms with E-state index in [2.05, 4.69) is 30.6 Å². The average molecular weight is 841 g/mol. The highest BCUT2D eigenvalue weighted by atomic mass is 16.3. The number of nitrogens with zero attached hydrogens (tertiary/aromatic N) is 7. The summed E-state index contributed by atoms with van der Waals surface area (Å²) in [4.78, 5) is 87.9. The Balaban J connectivity index is 0.801. The molecule has 0 saturated carbocycles. The van der Waals surface area contributed by atoms with Crippen molar-refractivity contribution >= 4 is 58.3 Å². The van der Waals surface area contributed by atoms with E-state index in [0.29, 0.717) is 88.4 Å². The van der Waals surface area contributed by atoms with E-state index in [-0.39, 0.29) is 59.3 Å². The fourth-order valence-electron chi connectivity index (χ4n) is 9.46. The van der Waals surface area contributed by atoms with Gasteiger partial charge in [0.2, 0.25) is 23.6 Å². The number of nitrogens with one attached hydrogen (secondary N) is 2. The predicted molar refractivity (Wildman–Crippen MR) is 229 cm³/mol. The minimum atomic E-state index is -1.02. The lowest BCUT2D eigenvalue weighted by Gasteiger charge is -2.44. The Kier molecular flexibility index (Phi) is 10.9. The highest BCUT2D eigenvalue weighted by molar-refractivity contribution is 6.23. The molecule has 5 aliphatic heterocycles. The zero-order valence-electron chi connectivity index (χ0n) is 34.1. The number of imide groups is 2. The fourth-order valence-corrected chi connectivity index (χ4v) is 9.46. The first-order valence-electron chi connectivity index (χ1n) is 21.2. The van der Waals surface area contributed by atoms with Crippen molar-refractivity contribution < 1.29 is 33.9 Å². The number of anilines is 4. The Bertz CT molecular complexity index is 2430. The summed E-state index contributed by atoms with van der Waals surface area (Å²) in [5, 5.41) is 24.5. The van der Waals surface area contributed by atoms with E-state index in [4.69, 9.17) is 5.73 Å². The van der Waals surface area contributed by atoms with E-state index in [1.165, 1.54) is 0 Å². The Morgan fingerprint density at radius 1 is 0.726 bits per heavy atom. The Hall–Kier alpha value is -7.04. The van der Waals surface area contributed by atoms with Gasteiger partial charge in [0.25, 0.3) is 11.8 Å². The molecule has 2 atom stereocenters. The number of hydrogen-bond donors (Lipinski definition) is 4. The van der Waals surface area contributed by atoms with Gasteiger partial charge in [0.1, 0.15) is 17.8 Å². The number of carbonyl (C=O) groups excluding carboxylic acids is 6. The largest absolute Gasteiger partial charge is 0.507 e. The molecule has 0 spiro atoms. The second-order valence-electron chi connectivity index (χ2n) is 16.6. The van der Waals surface area contributed by atoms with Crippen molar-refractivity contribution in [1.29, 1.82) is 0 Å². The number of aromatic nitrogens is 2. The average Bonchev–Trinajstić information content (AvgIpc) is 3.54. The molecule has 62 heavy (non-hydrogen) atoms. The maximum atomic E-state index is 14.2. The first kappa shape index (κ1) is 40.4. The van der Waals surface area contributed by atoms with Gasteiger partial charge in [-0.15, -0.1) is 10.2 Å². The van der Waals surface area contributed by atoms with Crippen LogP contribution in [-0.2, 0) is 19.2 Å².